The summed E-state index contributed by atoms with van der Waals surface area (Å²) < 4.78 is 12.8. The molecule has 0 aliphatic carbocycles. The highest BCUT2D eigenvalue weighted by Gasteiger charge is 1.93. The van der Waals surface area contributed by atoms with Gasteiger partial charge in [0.25, 0.3) is 0 Å². The summed E-state index contributed by atoms with van der Waals surface area (Å²) in [5, 5.41) is 0. The van der Waals surface area contributed by atoms with Gasteiger partial charge in [0.2, 0.25) is 0 Å². The van der Waals surface area contributed by atoms with Crippen LogP contribution in [0, 0.1) is 0 Å². The molecule has 0 N–H and O–H groups in total. The molecule has 0 saturated carbocycles. The van der Waals surface area contributed by atoms with Crippen LogP contribution in [0.4, 0.5) is 4.39 Å². The van der Waals surface area contributed by atoms with Crippen molar-refractivity contribution in [1.29, 1.82) is 0 Å². The third-order valence-electron chi connectivity index (χ3n) is 1.36. The average Bonchev–Trinajstić information content (AvgIpc) is 2.09. The molecule has 0 nitrogen and oxygen atoms in total. The lowest BCUT2D eigenvalue weighted by Crippen LogP contribution is -1.80. The number of hydrogen-bond donors (Lipinski definition) is 0. The number of benzene rings is 1. The Morgan fingerprint density at radius 3 is 2.50 bits per heavy atom. The first-order valence-corrected chi connectivity index (χ1v) is 5.55. The maximum absolute atomic E-state index is 11.7. The zero-order valence-corrected chi connectivity index (χ0v) is 9.00. The maximum atomic E-state index is 11.7. The second-order valence-corrected chi connectivity index (χ2v) is 4.43. The van der Waals surface area contributed by atoms with E-state index in [2.05, 4.69) is 15.9 Å². The summed E-state index contributed by atoms with van der Waals surface area (Å²) in [6, 6.07) is 8.07. The SMILES string of the molecule is FCCCSc1ccc(Br)cc1. The molecule has 0 saturated heterocycles. The molecule has 0 fully saturated rings. The van der Waals surface area contributed by atoms with Crippen molar-refractivity contribution >= 4 is 27.7 Å². The van der Waals surface area contributed by atoms with Crippen molar-refractivity contribution < 1.29 is 4.39 Å². The van der Waals surface area contributed by atoms with E-state index >= 15 is 0 Å². The zero-order chi connectivity index (χ0) is 8.81. The lowest BCUT2D eigenvalue weighted by molar-refractivity contribution is 0.489. The first kappa shape index (κ1) is 10.1. The highest BCUT2D eigenvalue weighted by molar-refractivity contribution is 9.10. The average molecular weight is 249 g/mol. The fourth-order valence-electron chi connectivity index (χ4n) is 0.775. The van der Waals surface area contributed by atoms with E-state index in [9.17, 15) is 4.39 Å². The summed E-state index contributed by atoms with van der Waals surface area (Å²) in [7, 11) is 0. The number of halogens is 2. The molecule has 12 heavy (non-hydrogen) atoms. The number of rotatable bonds is 4. The summed E-state index contributed by atoms with van der Waals surface area (Å²) in [5.74, 6) is 0.859. The van der Waals surface area contributed by atoms with E-state index in [0.29, 0.717) is 6.42 Å². The monoisotopic (exact) mass is 248 g/mol. The molecule has 0 amide bonds. The smallest absolute Gasteiger partial charge is 0.0902 e. The molecule has 3 heteroatoms. The predicted molar refractivity (Wildman–Crippen MR) is 55.5 cm³/mol. The van der Waals surface area contributed by atoms with E-state index in [0.717, 1.165) is 10.2 Å². The molecule has 1 rings (SSSR count). The van der Waals surface area contributed by atoms with Gasteiger partial charge in [-0.3, -0.25) is 4.39 Å². The standard InChI is InChI=1S/C9H10BrFS/c10-8-2-4-9(5-3-8)12-7-1-6-11/h2-5H,1,6-7H2. The number of alkyl halides is 1. The molecule has 0 unspecified atom stereocenters. The van der Waals surface area contributed by atoms with Crippen LogP contribution in [-0.4, -0.2) is 12.4 Å². The quantitative estimate of drug-likeness (QED) is 0.576. The first-order chi connectivity index (χ1) is 5.83. The Morgan fingerprint density at radius 2 is 1.92 bits per heavy atom. The van der Waals surface area contributed by atoms with Gasteiger partial charge in [-0.1, -0.05) is 15.9 Å². The molecule has 1 aromatic carbocycles. The lowest BCUT2D eigenvalue weighted by Gasteiger charge is -1.98. The van der Waals surface area contributed by atoms with Crippen LogP contribution in [0.2, 0.25) is 0 Å². The molecule has 0 aromatic heterocycles. The lowest BCUT2D eigenvalue weighted by atomic mass is 10.4. The van der Waals surface area contributed by atoms with Gasteiger partial charge in [-0.05, 0) is 30.7 Å². The van der Waals surface area contributed by atoms with Crippen LogP contribution in [0.15, 0.2) is 33.6 Å². The Hall–Kier alpha value is -0.0200. The highest BCUT2D eigenvalue weighted by Crippen LogP contribution is 2.20. The number of thioether (sulfide) groups is 1. The summed E-state index contributed by atoms with van der Waals surface area (Å²) >= 11 is 5.05. The van der Waals surface area contributed by atoms with Crippen LogP contribution >= 0.6 is 27.7 Å². The summed E-state index contributed by atoms with van der Waals surface area (Å²) in [4.78, 5) is 1.20. The molecule has 0 aliphatic rings. The molecule has 0 heterocycles. The van der Waals surface area contributed by atoms with E-state index < -0.39 is 0 Å². The van der Waals surface area contributed by atoms with Crippen molar-refractivity contribution in [2.24, 2.45) is 0 Å². The third-order valence-corrected chi connectivity index (χ3v) is 2.99. The second-order valence-electron chi connectivity index (χ2n) is 2.34. The van der Waals surface area contributed by atoms with Crippen LogP contribution in [-0.2, 0) is 0 Å². The van der Waals surface area contributed by atoms with Gasteiger partial charge >= 0.3 is 0 Å². The Balaban J connectivity index is 2.37. The molecule has 0 radical (unpaired) electrons. The normalized spacial score (nSPS) is 10.2. The molecular formula is C9H10BrFS. The van der Waals surface area contributed by atoms with Crippen LogP contribution < -0.4 is 0 Å². The summed E-state index contributed by atoms with van der Waals surface area (Å²) in [6.45, 7) is -0.219. The van der Waals surface area contributed by atoms with Crippen LogP contribution in [0.25, 0.3) is 0 Å². The molecular weight excluding hydrogens is 239 g/mol. The van der Waals surface area contributed by atoms with Gasteiger partial charge in [0, 0.05) is 15.1 Å². The van der Waals surface area contributed by atoms with Crippen molar-refractivity contribution in [3.05, 3.63) is 28.7 Å². The van der Waals surface area contributed by atoms with E-state index in [1.165, 1.54) is 4.90 Å². The molecule has 0 aliphatic heterocycles. The van der Waals surface area contributed by atoms with Gasteiger partial charge in [0.1, 0.15) is 0 Å². The Bertz CT molecular complexity index is 222. The summed E-state index contributed by atoms with van der Waals surface area (Å²) in [5.41, 5.74) is 0. The van der Waals surface area contributed by atoms with Crippen LogP contribution in [0.1, 0.15) is 6.42 Å². The Kier molecular flexibility index (Phi) is 4.69. The maximum Gasteiger partial charge on any atom is 0.0902 e. The molecule has 0 bridgehead atoms. The third kappa shape index (κ3) is 3.59. The van der Waals surface area contributed by atoms with Crippen molar-refractivity contribution in [1.82, 2.24) is 0 Å². The minimum atomic E-state index is -0.219. The van der Waals surface area contributed by atoms with Gasteiger partial charge < -0.3 is 0 Å². The van der Waals surface area contributed by atoms with E-state index in [-0.39, 0.29) is 6.67 Å². The minimum Gasteiger partial charge on any atom is -0.251 e. The Labute approximate surface area is 84.7 Å². The van der Waals surface area contributed by atoms with E-state index in [1.54, 1.807) is 11.8 Å². The van der Waals surface area contributed by atoms with Gasteiger partial charge in [-0.2, -0.15) is 0 Å². The first-order valence-electron chi connectivity index (χ1n) is 3.77. The van der Waals surface area contributed by atoms with E-state index in [4.69, 9.17) is 0 Å². The predicted octanol–water partition coefficient (Wildman–Crippen LogP) is 3.90. The zero-order valence-electron chi connectivity index (χ0n) is 6.59. The van der Waals surface area contributed by atoms with Gasteiger partial charge in [0.15, 0.2) is 0 Å². The fourth-order valence-corrected chi connectivity index (χ4v) is 1.86. The summed E-state index contributed by atoms with van der Waals surface area (Å²) in [6.07, 6.45) is 0.640. The van der Waals surface area contributed by atoms with Crippen molar-refractivity contribution in [3.8, 4) is 0 Å². The largest absolute Gasteiger partial charge is 0.251 e. The van der Waals surface area contributed by atoms with Crippen molar-refractivity contribution in [2.45, 2.75) is 11.3 Å². The highest BCUT2D eigenvalue weighted by atomic mass is 79.9. The molecule has 66 valence electrons. The van der Waals surface area contributed by atoms with Gasteiger partial charge in [0.05, 0.1) is 6.67 Å². The molecule has 0 spiro atoms. The molecule has 0 atom stereocenters. The van der Waals surface area contributed by atoms with E-state index in [1.807, 2.05) is 24.3 Å². The minimum absolute atomic E-state index is 0.219. The van der Waals surface area contributed by atoms with Crippen molar-refractivity contribution in [3.63, 3.8) is 0 Å². The Morgan fingerprint density at radius 1 is 1.25 bits per heavy atom. The fraction of sp³-hybridized carbons (Fsp3) is 0.333. The van der Waals surface area contributed by atoms with Crippen molar-refractivity contribution in [2.75, 3.05) is 12.4 Å². The van der Waals surface area contributed by atoms with Gasteiger partial charge in [-0.25, -0.2) is 0 Å². The van der Waals surface area contributed by atoms with Crippen LogP contribution in [0.3, 0.4) is 0 Å². The second kappa shape index (κ2) is 5.60. The van der Waals surface area contributed by atoms with Gasteiger partial charge in [-0.15, -0.1) is 11.8 Å². The number of hydrogen-bond acceptors (Lipinski definition) is 1. The topological polar surface area (TPSA) is 0 Å². The molecule has 1 aromatic rings. The van der Waals surface area contributed by atoms with Crippen LogP contribution in [0.5, 0.6) is 0 Å².